The number of carbonyl (C=O) groups is 1. The van der Waals surface area contributed by atoms with E-state index in [4.69, 9.17) is 14.0 Å². The minimum absolute atomic E-state index is 0.0171. The molecule has 1 aromatic heterocycles. The highest BCUT2D eigenvalue weighted by atomic mass is 16.5. The van der Waals surface area contributed by atoms with Gasteiger partial charge in [0.2, 0.25) is 5.89 Å². The second-order valence-electron chi connectivity index (χ2n) is 5.34. The Morgan fingerprint density at radius 3 is 2.70 bits per heavy atom. The molecule has 0 radical (unpaired) electrons. The van der Waals surface area contributed by atoms with Crippen molar-refractivity contribution in [2.45, 2.75) is 51.0 Å². The second-order valence-corrected chi connectivity index (χ2v) is 5.34. The molecular formula is C14H22N2O4. The van der Waals surface area contributed by atoms with E-state index in [2.05, 4.69) is 10.1 Å². The molecule has 0 saturated heterocycles. The highest BCUT2D eigenvalue weighted by Crippen LogP contribution is 2.37. The summed E-state index contributed by atoms with van der Waals surface area (Å²) in [4.78, 5) is 16.4. The first-order valence-electron chi connectivity index (χ1n) is 7.08. The number of hydrogen-bond acceptors (Lipinski definition) is 6. The molecule has 1 aromatic rings. The molecule has 0 aliphatic heterocycles. The van der Waals surface area contributed by atoms with Gasteiger partial charge in [0.15, 0.2) is 5.82 Å². The Bertz CT molecular complexity index is 440. The number of hydrogen-bond donors (Lipinski definition) is 0. The first-order valence-corrected chi connectivity index (χ1v) is 7.08. The van der Waals surface area contributed by atoms with Gasteiger partial charge in [-0.1, -0.05) is 18.0 Å². The third-order valence-corrected chi connectivity index (χ3v) is 3.95. The van der Waals surface area contributed by atoms with Crippen LogP contribution in [0.25, 0.3) is 0 Å². The Hall–Kier alpha value is -1.43. The summed E-state index contributed by atoms with van der Waals surface area (Å²) < 4.78 is 15.4. The molecule has 0 N–H and O–H groups in total. The SMILES string of the molecule is COC(=O)C(c1nc(CC(C)OC)no1)C1CCCC1. The van der Waals surface area contributed by atoms with Crippen LogP contribution in [0.4, 0.5) is 0 Å². The van der Waals surface area contributed by atoms with E-state index in [1.807, 2.05) is 6.92 Å². The number of carbonyl (C=O) groups excluding carboxylic acids is 1. The molecule has 2 rings (SSSR count). The summed E-state index contributed by atoms with van der Waals surface area (Å²) in [6.45, 7) is 1.94. The van der Waals surface area contributed by atoms with Gasteiger partial charge in [-0.2, -0.15) is 4.98 Å². The maximum Gasteiger partial charge on any atom is 0.318 e. The van der Waals surface area contributed by atoms with Gasteiger partial charge >= 0.3 is 5.97 Å². The summed E-state index contributed by atoms with van der Waals surface area (Å²) in [5.41, 5.74) is 0. The number of rotatable bonds is 6. The monoisotopic (exact) mass is 282 g/mol. The van der Waals surface area contributed by atoms with Crippen molar-refractivity contribution < 1.29 is 18.8 Å². The first kappa shape index (κ1) is 15.0. The van der Waals surface area contributed by atoms with Crippen molar-refractivity contribution >= 4 is 5.97 Å². The lowest BCUT2D eigenvalue weighted by molar-refractivity contribution is -0.144. The molecule has 2 unspecified atom stereocenters. The quantitative estimate of drug-likeness (QED) is 0.744. The molecule has 1 aliphatic rings. The predicted molar refractivity (Wildman–Crippen MR) is 71.2 cm³/mol. The van der Waals surface area contributed by atoms with Crippen molar-refractivity contribution in [3.63, 3.8) is 0 Å². The minimum Gasteiger partial charge on any atom is -0.468 e. The second kappa shape index (κ2) is 6.83. The van der Waals surface area contributed by atoms with Crippen LogP contribution >= 0.6 is 0 Å². The average molecular weight is 282 g/mol. The van der Waals surface area contributed by atoms with Gasteiger partial charge in [-0.3, -0.25) is 4.79 Å². The molecule has 1 saturated carbocycles. The van der Waals surface area contributed by atoms with Crippen LogP contribution in [0.15, 0.2) is 4.52 Å². The zero-order valence-corrected chi connectivity index (χ0v) is 12.3. The van der Waals surface area contributed by atoms with Crippen LogP contribution in [0, 0.1) is 5.92 Å². The standard InChI is InChI=1S/C14H22N2O4/c1-9(18-2)8-11-15-13(20-16-11)12(14(17)19-3)10-6-4-5-7-10/h9-10,12H,4-8H2,1-3H3. The third-order valence-electron chi connectivity index (χ3n) is 3.95. The topological polar surface area (TPSA) is 74.5 Å². The van der Waals surface area contributed by atoms with E-state index in [1.165, 1.54) is 7.11 Å². The molecular weight excluding hydrogens is 260 g/mol. The smallest absolute Gasteiger partial charge is 0.318 e. The van der Waals surface area contributed by atoms with Gasteiger partial charge < -0.3 is 14.0 Å². The molecule has 0 bridgehead atoms. The minimum atomic E-state index is -0.429. The molecule has 112 valence electrons. The number of ether oxygens (including phenoxy) is 2. The van der Waals surface area contributed by atoms with Crippen LogP contribution in [0.3, 0.4) is 0 Å². The zero-order valence-electron chi connectivity index (χ0n) is 12.3. The van der Waals surface area contributed by atoms with Crippen molar-refractivity contribution in [2.24, 2.45) is 5.92 Å². The van der Waals surface area contributed by atoms with Crippen molar-refractivity contribution in [3.05, 3.63) is 11.7 Å². The summed E-state index contributed by atoms with van der Waals surface area (Å²) in [6.07, 6.45) is 4.87. The van der Waals surface area contributed by atoms with Crippen molar-refractivity contribution in [1.82, 2.24) is 10.1 Å². The van der Waals surface area contributed by atoms with Gasteiger partial charge in [0.05, 0.1) is 13.2 Å². The molecule has 20 heavy (non-hydrogen) atoms. The molecule has 6 nitrogen and oxygen atoms in total. The lowest BCUT2D eigenvalue weighted by atomic mass is 9.91. The molecule has 6 heteroatoms. The van der Waals surface area contributed by atoms with Crippen LogP contribution in [0.5, 0.6) is 0 Å². The largest absolute Gasteiger partial charge is 0.468 e. The molecule has 0 amide bonds. The summed E-state index contributed by atoms with van der Waals surface area (Å²) in [5, 5.41) is 3.94. The van der Waals surface area contributed by atoms with E-state index in [0.29, 0.717) is 18.1 Å². The summed E-state index contributed by atoms with van der Waals surface area (Å²) in [6, 6.07) is 0. The van der Waals surface area contributed by atoms with E-state index in [0.717, 1.165) is 25.7 Å². The Morgan fingerprint density at radius 2 is 2.10 bits per heavy atom. The van der Waals surface area contributed by atoms with Gasteiger partial charge in [0.25, 0.3) is 0 Å². The first-order chi connectivity index (χ1) is 9.65. The Morgan fingerprint density at radius 1 is 1.40 bits per heavy atom. The fourth-order valence-corrected chi connectivity index (χ4v) is 2.73. The predicted octanol–water partition coefficient (Wildman–Crippen LogP) is 2.09. The molecule has 0 spiro atoms. The maximum atomic E-state index is 12.0. The van der Waals surface area contributed by atoms with Crippen molar-refractivity contribution in [1.29, 1.82) is 0 Å². The third kappa shape index (κ3) is 3.36. The van der Waals surface area contributed by atoms with E-state index in [9.17, 15) is 4.79 Å². The van der Waals surface area contributed by atoms with E-state index < -0.39 is 5.92 Å². The summed E-state index contributed by atoms with van der Waals surface area (Å²) in [5.74, 6) is 0.479. The van der Waals surface area contributed by atoms with E-state index >= 15 is 0 Å². The Kier molecular flexibility index (Phi) is 5.11. The Labute approximate surface area is 118 Å². The highest BCUT2D eigenvalue weighted by Gasteiger charge is 2.37. The lowest BCUT2D eigenvalue weighted by Gasteiger charge is -2.16. The number of esters is 1. The van der Waals surface area contributed by atoms with E-state index in [1.54, 1.807) is 7.11 Å². The number of aromatic nitrogens is 2. The van der Waals surface area contributed by atoms with Gasteiger partial charge in [-0.25, -0.2) is 0 Å². The molecule has 2 atom stereocenters. The van der Waals surface area contributed by atoms with Crippen molar-refractivity contribution in [3.8, 4) is 0 Å². The van der Waals surface area contributed by atoms with Gasteiger partial charge in [0, 0.05) is 13.5 Å². The molecule has 0 aromatic carbocycles. The van der Waals surface area contributed by atoms with Crippen LogP contribution in [0.2, 0.25) is 0 Å². The maximum absolute atomic E-state index is 12.0. The molecule has 1 fully saturated rings. The normalized spacial score (nSPS) is 18.9. The van der Waals surface area contributed by atoms with Crippen LogP contribution in [-0.2, 0) is 20.7 Å². The van der Waals surface area contributed by atoms with Crippen LogP contribution in [-0.4, -0.2) is 36.4 Å². The Balaban J connectivity index is 2.14. The van der Waals surface area contributed by atoms with Gasteiger partial charge in [-0.05, 0) is 25.7 Å². The number of methoxy groups -OCH3 is 2. The zero-order chi connectivity index (χ0) is 14.5. The van der Waals surface area contributed by atoms with Gasteiger partial charge in [-0.15, -0.1) is 0 Å². The lowest BCUT2D eigenvalue weighted by Crippen LogP contribution is -2.22. The van der Waals surface area contributed by atoms with E-state index in [-0.39, 0.29) is 18.0 Å². The fraction of sp³-hybridized carbons (Fsp3) is 0.786. The van der Waals surface area contributed by atoms with Crippen LogP contribution in [0.1, 0.15) is 50.2 Å². The van der Waals surface area contributed by atoms with Gasteiger partial charge in [0.1, 0.15) is 5.92 Å². The number of nitrogens with zero attached hydrogens (tertiary/aromatic N) is 2. The molecule has 1 aliphatic carbocycles. The van der Waals surface area contributed by atoms with Crippen molar-refractivity contribution in [2.75, 3.05) is 14.2 Å². The van der Waals surface area contributed by atoms with Crippen LogP contribution < -0.4 is 0 Å². The average Bonchev–Trinajstić information content (AvgIpc) is 3.11. The highest BCUT2D eigenvalue weighted by molar-refractivity contribution is 5.77. The summed E-state index contributed by atoms with van der Waals surface area (Å²) in [7, 11) is 3.04. The fourth-order valence-electron chi connectivity index (χ4n) is 2.73. The molecule has 1 heterocycles. The summed E-state index contributed by atoms with van der Waals surface area (Å²) >= 11 is 0.